The number of aryl methyl sites for hydroxylation is 1. The van der Waals surface area contributed by atoms with Gasteiger partial charge >= 0.3 is 0 Å². The second kappa shape index (κ2) is 16.7. The number of ether oxygens (including phenoxy) is 3. The SMILES string of the molecule is CCNC(=O)C(Cc1ccccc1)N(Cc1ccc(C)cc1)C(=O)CN(c1ccc(OCC)cc1)S(=O)(=O)c1ccc(OC)c(OC)c1. The molecule has 0 fully saturated rings. The van der Waals surface area contributed by atoms with Crippen LogP contribution in [0.15, 0.2) is 102 Å². The van der Waals surface area contributed by atoms with Gasteiger partial charge in [-0.15, -0.1) is 0 Å². The molecule has 1 unspecified atom stereocenters. The van der Waals surface area contributed by atoms with Gasteiger partial charge in [-0.05, 0) is 68.3 Å². The minimum Gasteiger partial charge on any atom is -0.494 e. The van der Waals surface area contributed by atoms with Crippen molar-refractivity contribution in [3.05, 3.63) is 114 Å². The molecule has 0 saturated heterocycles. The number of hydrogen-bond acceptors (Lipinski definition) is 7. The largest absolute Gasteiger partial charge is 0.494 e. The maximum atomic E-state index is 14.6. The van der Waals surface area contributed by atoms with E-state index < -0.39 is 28.5 Å². The smallest absolute Gasteiger partial charge is 0.264 e. The van der Waals surface area contributed by atoms with Crippen LogP contribution in [-0.4, -0.2) is 65.1 Å². The number of methoxy groups -OCH3 is 2. The van der Waals surface area contributed by atoms with Crippen molar-refractivity contribution >= 4 is 27.5 Å². The molecule has 11 heteroatoms. The van der Waals surface area contributed by atoms with E-state index in [1.165, 1.54) is 37.3 Å². The number of amides is 2. The second-order valence-electron chi connectivity index (χ2n) is 11.1. The van der Waals surface area contributed by atoms with Crippen LogP contribution in [0.3, 0.4) is 0 Å². The molecule has 0 aliphatic heterocycles. The number of carbonyl (C=O) groups is 2. The lowest BCUT2D eigenvalue weighted by atomic mass is 10.0. The van der Waals surface area contributed by atoms with Crippen LogP contribution in [0.4, 0.5) is 5.69 Å². The molecule has 0 aliphatic rings. The molecule has 48 heavy (non-hydrogen) atoms. The molecule has 254 valence electrons. The first-order valence-electron chi connectivity index (χ1n) is 15.8. The number of carbonyl (C=O) groups excluding carboxylic acids is 2. The Balaban J connectivity index is 1.82. The van der Waals surface area contributed by atoms with Crippen LogP contribution in [0.25, 0.3) is 0 Å². The summed E-state index contributed by atoms with van der Waals surface area (Å²) in [5.41, 5.74) is 2.95. The molecule has 0 bridgehead atoms. The van der Waals surface area contributed by atoms with E-state index in [0.29, 0.717) is 24.7 Å². The zero-order valence-corrected chi connectivity index (χ0v) is 28.8. The van der Waals surface area contributed by atoms with Gasteiger partial charge in [0.2, 0.25) is 11.8 Å². The molecule has 0 spiro atoms. The third-order valence-corrected chi connectivity index (χ3v) is 9.52. The summed E-state index contributed by atoms with van der Waals surface area (Å²) in [5, 5.41) is 2.87. The molecule has 0 aliphatic carbocycles. The van der Waals surface area contributed by atoms with E-state index in [9.17, 15) is 18.0 Å². The highest BCUT2D eigenvalue weighted by molar-refractivity contribution is 7.92. The lowest BCUT2D eigenvalue weighted by Crippen LogP contribution is -2.53. The van der Waals surface area contributed by atoms with Crippen LogP contribution >= 0.6 is 0 Å². The Bertz CT molecular complexity index is 1760. The molecule has 4 rings (SSSR count). The maximum Gasteiger partial charge on any atom is 0.264 e. The van der Waals surface area contributed by atoms with Gasteiger partial charge in [0, 0.05) is 25.6 Å². The fourth-order valence-corrected chi connectivity index (χ4v) is 6.67. The standard InChI is InChI=1S/C37H43N3O7S/c1-6-38-37(42)33(23-28-11-9-8-10-12-28)39(25-29-15-13-27(3)14-16-29)36(41)26-40(30-17-19-31(20-18-30)47-7-2)48(43,44)32-21-22-34(45-4)35(24-32)46-5/h8-22,24,33H,6-7,23,25-26H2,1-5H3,(H,38,42). The molecular formula is C37H43N3O7S. The Morgan fingerprint density at radius 1 is 0.812 bits per heavy atom. The minimum absolute atomic E-state index is 0.0846. The van der Waals surface area contributed by atoms with Crippen molar-refractivity contribution in [3.63, 3.8) is 0 Å². The Morgan fingerprint density at radius 3 is 2.08 bits per heavy atom. The number of anilines is 1. The summed E-state index contributed by atoms with van der Waals surface area (Å²) < 4.78 is 46.2. The molecule has 0 saturated carbocycles. The van der Waals surface area contributed by atoms with E-state index in [2.05, 4.69) is 5.32 Å². The fourth-order valence-electron chi connectivity index (χ4n) is 5.24. The van der Waals surface area contributed by atoms with Gasteiger partial charge in [0.05, 0.1) is 31.4 Å². The summed E-state index contributed by atoms with van der Waals surface area (Å²) in [6.45, 7) is 5.93. The van der Waals surface area contributed by atoms with E-state index in [1.807, 2.05) is 75.4 Å². The average Bonchev–Trinajstić information content (AvgIpc) is 3.10. The normalized spacial score (nSPS) is 11.7. The number of rotatable bonds is 16. The predicted molar refractivity (Wildman–Crippen MR) is 186 cm³/mol. The molecule has 10 nitrogen and oxygen atoms in total. The zero-order chi connectivity index (χ0) is 34.7. The first-order chi connectivity index (χ1) is 23.1. The number of nitrogens with one attached hydrogen (secondary N) is 1. The van der Waals surface area contributed by atoms with Crippen LogP contribution in [0.1, 0.15) is 30.5 Å². The van der Waals surface area contributed by atoms with Crippen LogP contribution in [0.2, 0.25) is 0 Å². The number of hydrogen-bond donors (Lipinski definition) is 1. The van der Waals surface area contributed by atoms with E-state index in [1.54, 1.807) is 24.3 Å². The van der Waals surface area contributed by atoms with Gasteiger partial charge in [0.25, 0.3) is 10.0 Å². The fraction of sp³-hybridized carbons (Fsp3) is 0.297. The lowest BCUT2D eigenvalue weighted by molar-refractivity contribution is -0.140. The van der Waals surface area contributed by atoms with Gasteiger partial charge in [0.15, 0.2) is 11.5 Å². The average molecular weight is 674 g/mol. The summed E-state index contributed by atoms with van der Waals surface area (Å²) in [6.07, 6.45) is 0.232. The highest BCUT2D eigenvalue weighted by Crippen LogP contribution is 2.33. The number of sulfonamides is 1. The van der Waals surface area contributed by atoms with Gasteiger partial charge in [-0.3, -0.25) is 13.9 Å². The topological polar surface area (TPSA) is 114 Å². The zero-order valence-electron chi connectivity index (χ0n) is 28.0. The Kier molecular flexibility index (Phi) is 12.5. The molecule has 0 aromatic heterocycles. The van der Waals surface area contributed by atoms with Gasteiger partial charge in [-0.2, -0.15) is 0 Å². The lowest BCUT2D eigenvalue weighted by Gasteiger charge is -2.34. The van der Waals surface area contributed by atoms with Crippen molar-refractivity contribution in [1.29, 1.82) is 0 Å². The Morgan fingerprint density at radius 2 is 1.48 bits per heavy atom. The second-order valence-corrected chi connectivity index (χ2v) is 12.9. The summed E-state index contributed by atoms with van der Waals surface area (Å²) in [4.78, 5) is 29.6. The predicted octanol–water partition coefficient (Wildman–Crippen LogP) is 5.38. The van der Waals surface area contributed by atoms with Crippen molar-refractivity contribution in [2.75, 3.05) is 38.2 Å². The van der Waals surface area contributed by atoms with Crippen molar-refractivity contribution in [2.45, 2.75) is 44.7 Å². The van der Waals surface area contributed by atoms with E-state index >= 15 is 0 Å². The summed E-state index contributed by atoms with van der Waals surface area (Å²) in [7, 11) is -1.48. The van der Waals surface area contributed by atoms with Crippen molar-refractivity contribution in [2.24, 2.45) is 0 Å². The monoisotopic (exact) mass is 673 g/mol. The van der Waals surface area contributed by atoms with Gasteiger partial charge in [-0.25, -0.2) is 8.42 Å². The number of nitrogens with zero attached hydrogens (tertiary/aromatic N) is 2. The highest BCUT2D eigenvalue weighted by Gasteiger charge is 2.35. The van der Waals surface area contributed by atoms with E-state index in [-0.39, 0.29) is 35.2 Å². The van der Waals surface area contributed by atoms with Crippen LogP contribution in [0, 0.1) is 6.92 Å². The van der Waals surface area contributed by atoms with Crippen molar-refractivity contribution in [1.82, 2.24) is 10.2 Å². The van der Waals surface area contributed by atoms with Crippen molar-refractivity contribution in [3.8, 4) is 17.2 Å². The highest BCUT2D eigenvalue weighted by atomic mass is 32.2. The quantitative estimate of drug-likeness (QED) is 0.170. The summed E-state index contributed by atoms with van der Waals surface area (Å²) in [5.74, 6) is 0.237. The minimum atomic E-state index is -4.35. The number of benzene rings is 4. The third-order valence-electron chi connectivity index (χ3n) is 7.75. The number of likely N-dealkylation sites (N-methyl/N-ethyl adjacent to an activating group) is 1. The van der Waals surface area contributed by atoms with Crippen LogP contribution < -0.4 is 23.8 Å². The molecular weight excluding hydrogens is 630 g/mol. The van der Waals surface area contributed by atoms with Crippen LogP contribution in [-0.2, 0) is 32.6 Å². The van der Waals surface area contributed by atoms with Gasteiger partial charge in [0.1, 0.15) is 18.3 Å². The van der Waals surface area contributed by atoms with E-state index in [0.717, 1.165) is 21.0 Å². The molecule has 4 aromatic rings. The van der Waals surface area contributed by atoms with Gasteiger partial charge < -0.3 is 24.4 Å². The maximum absolute atomic E-state index is 14.6. The summed E-state index contributed by atoms with van der Waals surface area (Å²) >= 11 is 0. The Labute approximate surface area is 283 Å². The first-order valence-corrected chi connectivity index (χ1v) is 17.2. The molecule has 1 N–H and O–H groups in total. The van der Waals surface area contributed by atoms with Crippen molar-refractivity contribution < 1.29 is 32.2 Å². The molecule has 2 amide bonds. The Hall–Kier alpha value is -5.03. The third kappa shape index (κ3) is 8.86. The molecule has 4 aromatic carbocycles. The van der Waals surface area contributed by atoms with Gasteiger partial charge in [-0.1, -0.05) is 60.2 Å². The molecule has 1 atom stereocenters. The molecule has 0 radical (unpaired) electrons. The summed E-state index contributed by atoms with van der Waals surface area (Å²) in [6, 6.07) is 26.9. The van der Waals surface area contributed by atoms with E-state index in [4.69, 9.17) is 14.2 Å². The van der Waals surface area contributed by atoms with Crippen LogP contribution in [0.5, 0.6) is 17.2 Å². The molecule has 0 heterocycles. The first kappa shape index (κ1) is 35.8.